The third-order valence-electron chi connectivity index (χ3n) is 3.28. The molecule has 0 fully saturated rings. The van der Waals surface area contributed by atoms with E-state index in [1.807, 2.05) is 0 Å². The summed E-state index contributed by atoms with van der Waals surface area (Å²) >= 11 is 0. The molecule has 0 amide bonds. The van der Waals surface area contributed by atoms with E-state index >= 15 is 0 Å². The van der Waals surface area contributed by atoms with Crippen LogP contribution in [0.5, 0.6) is 0 Å². The van der Waals surface area contributed by atoms with Crippen molar-refractivity contribution in [2.45, 2.75) is 38.8 Å². The van der Waals surface area contributed by atoms with Crippen molar-refractivity contribution in [1.82, 2.24) is 0 Å². The summed E-state index contributed by atoms with van der Waals surface area (Å²) in [5.41, 5.74) is 1.55. The van der Waals surface area contributed by atoms with Gasteiger partial charge in [-0.15, -0.1) is 0 Å². The molecule has 0 unspecified atom stereocenters. The second-order valence-electron chi connectivity index (χ2n) is 5.48. The number of nitro benzene ring substituents is 1. The van der Waals surface area contributed by atoms with Crippen molar-refractivity contribution in [3.63, 3.8) is 0 Å². The van der Waals surface area contributed by atoms with Crippen molar-refractivity contribution in [3.8, 4) is 0 Å². The Kier molecular flexibility index (Phi) is 4.02. The predicted molar refractivity (Wildman–Crippen MR) is 74.9 cm³/mol. The third-order valence-corrected chi connectivity index (χ3v) is 3.28. The first-order valence-corrected chi connectivity index (χ1v) is 5.83. The first kappa shape index (κ1) is 15.2. The number of rotatable bonds is 5. The SMILES string of the molecule is CC(C)(O)C(C)(C)Nc1cc(NN)cc([N+](=O)[O-])c1. The van der Waals surface area contributed by atoms with Crippen LogP contribution in [-0.4, -0.2) is 21.2 Å². The molecule has 7 nitrogen and oxygen atoms in total. The largest absolute Gasteiger partial charge is 0.388 e. The van der Waals surface area contributed by atoms with Crippen LogP contribution in [0.3, 0.4) is 0 Å². The Bertz CT molecular complexity index is 480. The van der Waals surface area contributed by atoms with E-state index in [2.05, 4.69) is 10.7 Å². The molecule has 1 aromatic carbocycles. The summed E-state index contributed by atoms with van der Waals surface area (Å²) in [7, 11) is 0. The number of nitrogens with one attached hydrogen (secondary N) is 2. The number of benzene rings is 1. The Morgan fingerprint density at radius 3 is 2.16 bits per heavy atom. The standard InChI is InChI=1S/C12H20N4O3/c1-11(2,12(3,4)17)14-8-5-9(15-13)7-10(6-8)16(18)19/h5-7,14-15,17H,13H2,1-4H3. The van der Waals surface area contributed by atoms with Gasteiger partial charge in [-0.3, -0.25) is 16.0 Å². The number of nitrogens with zero attached hydrogens (tertiary/aromatic N) is 1. The van der Waals surface area contributed by atoms with Crippen molar-refractivity contribution in [3.05, 3.63) is 28.3 Å². The second-order valence-corrected chi connectivity index (χ2v) is 5.48. The number of hydrazine groups is 1. The maximum Gasteiger partial charge on any atom is 0.273 e. The van der Waals surface area contributed by atoms with Gasteiger partial charge in [-0.05, 0) is 33.8 Å². The van der Waals surface area contributed by atoms with E-state index in [9.17, 15) is 15.2 Å². The molecule has 5 N–H and O–H groups in total. The predicted octanol–water partition coefficient (Wildman–Crippen LogP) is 1.84. The van der Waals surface area contributed by atoms with E-state index in [4.69, 9.17) is 5.84 Å². The summed E-state index contributed by atoms with van der Waals surface area (Å²) in [4.78, 5) is 10.3. The first-order valence-electron chi connectivity index (χ1n) is 5.83. The number of anilines is 2. The van der Waals surface area contributed by atoms with E-state index < -0.39 is 16.1 Å². The zero-order valence-corrected chi connectivity index (χ0v) is 11.5. The van der Waals surface area contributed by atoms with Crippen LogP contribution >= 0.6 is 0 Å². The molecule has 1 aromatic rings. The van der Waals surface area contributed by atoms with E-state index in [1.54, 1.807) is 33.8 Å². The van der Waals surface area contributed by atoms with Crippen molar-refractivity contribution < 1.29 is 10.0 Å². The number of nitrogen functional groups attached to an aromatic ring is 1. The number of aliphatic hydroxyl groups is 1. The molecule has 1 rings (SSSR count). The van der Waals surface area contributed by atoms with Gasteiger partial charge in [0.15, 0.2) is 0 Å². The number of non-ortho nitro benzene ring substituents is 1. The highest BCUT2D eigenvalue weighted by Gasteiger charge is 2.35. The van der Waals surface area contributed by atoms with Crippen LogP contribution in [0, 0.1) is 10.1 Å². The zero-order valence-electron chi connectivity index (χ0n) is 11.5. The fraction of sp³-hybridized carbons (Fsp3) is 0.500. The summed E-state index contributed by atoms with van der Waals surface area (Å²) in [5.74, 6) is 5.29. The average molecular weight is 268 g/mol. The molecule has 0 aliphatic heterocycles. The molecule has 0 aromatic heterocycles. The topological polar surface area (TPSA) is 113 Å². The molecular weight excluding hydrogens is 248 g/mol. The van der Waals surface area contributed by atoms with E-state index in [0.29, 0.717) is 11.4 Å². The average Bonchev–Trinajstić information content (AvgIpc) is 2.26. The fourth-order valence-electron chi connectivity index (χ4n) is 1.39. The van der Waals surface area contributed by atoms with Crippen LogP contribution in [0.25, 0.3) is 0 Å². The minimum absolute atomic E-state index is 0.0792. The highest BCUT2D eigenvalue weighted by Crippen LogP contribution is 2.30. The van der Waals surface area contributed by atoms with Crippen LogP contribution in [0.15, 0.2) is 18.2 Å². The minimum atomic E-state index is -1.01. The van der Waals surface area contributed by atoms with Crippen molar-refractivity contribution in [1.29, 1.82) is 0 Å². The quantitative estimate of drug-likeness (QED) is 0.368. The molecule has 0 aliphatic rings. The van der Waals surface area contributed by atoms with Crippen molar-refractivity contribution in [2.75, 3.05) is 10.7 Å². The summed E-state index contributed by atoms with van der Waals surface area (Å²) in [5, 5.41) is 24.0. The maximum absolute atomic E-state index is 10.8. The molecular formula is C12H20N4O3. The summed E-state index contributed by atoms with van der Waals surface area (Å²) in [6, 6.07) is 4.37. The molecule has 19 heavy (non-hydrogen) atoms. The second kappa shape index (κ2) is 5.02. The molecule has 0 atom stereocenters. The lowest BCUT2D eigenvalue weighted by Crippen LogP contribution is -2.51. The smallest absolute Gasteiger partial charge is 0.273 e. The van der Waals surface area contributed by atoms with Gasteiger partial charge in [-0.1, -0.05) is 0 Å². The van der Waals surface area contributed by atoms with Gasteiger partial charge in [0.2, 0.25) is 0 Å². The Balaban J connectivity index is 3.14. The van der Waals surface area contributed by atoms with Gasteiger partial charge >= 0.3 is 0 Å². The van der Waals surface area contributed by atoms with E-state index in [1.165, 1.54) is 12.1 Å². The number of hydrogen-bond donors (Lipinski definition) is 4. The summed E-state index contributed by atoms with van der Waals surface area (Å²) < 4.78 is 0. The van der Waals surface area contributed by atoms with Crippen LogP contribution in [0.1, 0.15) is 27.7 Å². The monoisotopic (exact) mass is 268 g/mol. The van der Waals surface area contributed by atoms with Crippen LogP contribution in [0.2, 0.25) is 0 Å². The minimum Gasteiger partial charge on any atom is -0.388 e. The molecule has 0 aliphatic carbocycles. The Morgan fingerprint density at radius 2 is 1.74 bits per heavy atom. The normalized spacial score (nSPS) is 12.1. The first-order chi connectivity index (χ1) is 8.56. The highest BCUT2D eigenvalue weighted by atomic mass is 16.6. The van der Waals surface area contributed by atoms with Crippen LogP contribution < -0.4 is 16.6 Å². The van der Waals surface area contributed by atoms with E-state index in [0.717, 1.165) is 0 Å². The lowest BCUT2D eigenvalue weighted by molar-refractivity contribution is -0.384. The number of hydrogen-bond acceptors (Lipinski definition) is 6. The maximum atomic E-state index is 10.8. The molecule has 0 saturated carbocycles. The van der Waals surface area contributed by atoms with Gasteiger partial charge in [0.25, 0.3) is 5.69 Å². The highest BCUT2D eigenvalue weighted by molar-refractivity contribution is 5.63. The third kappa shape index (κ3) is 3.55. The fourth-order valence-corrected chi connectivity index (χ4v) is 1.39. The van der Waals surface area contributed by atoms with Crippen molar-refractivity contribution >= 4 is 17.1 Å². The molecule has 7 heteroatoms. The van der Waals surface area contributed by atoms with Gasteiger partial charge < -0.3 is 15.8 Å². The van der Waals surface area contributed by atoms with Gasteiger partial charge in [0.1, 0.15) is 0 Å². The molecule has 0 heterocycles. The molecule has 0 spiro atoms. The Morgan fingerprint density at radius 1 is 1.21 bits per heavy atom. The van der Waals surface area contributed by atoms with Gasteiger partial charge in [0, 0.05) is 17.8 Å². The number of nitro groups is 1. The van der Waals surface area contributed by atoms with E-state index in [-0.39, 0.29) is 5.69 Å². The molecule has 0 bridgehead atoms. The number of nitrogens with two attached hydrogens (primary N) is 1. The van der Waals surface area contributed by atoms with Gasteiger partial charge in [-0.2, -0.15) is 0 Å². The molecule has 106 valence electrons. The van der Waals surface area contributed by atoms with Crippen molar-refractivity contribution in [2.24, 2.45) is 5.84 Å². The molecule has 0 saturated heterocycles. The summed E-state index contributed by atoms with van der Waals surface area (Å²) in [6.45, 7) is 6.95. The van der Waals surface area contributed by atoms with Crippen LogP contribution in [-0.2, 0) is 0 Å². The Hall–Kier alpha value is -1.86. The van der Waals surface area contributed by atoms with Gasteiger partial charge in [-0.25, -0.2) is 0 Å². The molecule has 0 radical (unpaired) electrons. The van der Waals surface area contributed by atoms with Crippen LogP contribution in [0.4, 0.5) is 17.1 Å². The summed E-state index contributed by atoms with van der Waals surface area (Å²) in [6.07, 6.45) is 0. The lowest BCUT2D eigenvalue weighted by atomic mass is 9.85. The zero-order chi connectivity index (χ0) is 14.8. The lowest BCUT2D eigenvalue weighted by Gasteiger charge is -2.38. The Labute approximate surface area is 111 Å². The van der Waals surface area contributed by atoms with Gasteiger partial charge in [0.05, 0.1) is 21.8 Å².